The van der Waals surface area contributed by atoms with Crippen LogP contribution in [-0.4, -0.2) is 41.1 Å². The fraction of sp³-hybridized carbons (Fsp3) is 1.00. The van der Waals surface area contributed by atoms with Crippen molar-refractivity contribution in [3.63, 3.8) is 0 Å². The van der Waals surface area contributed by atoms with Crippen LogP contribution in [0.25, 0.3) is 0 Å². The summed E-state index contributed by atoms with van der Waals surface area (Å²) in [4.78, 5) is 2.73. The van der Waals surface area contributed by atoms with E-state index in [1.165, 1.54) is 38.1 Å². The monoisotopic (exact) mass is 270 g/mol. The van der Waals surface area contributed by atoms with Crippen molar-refractivity contribution in [2.45, 2.75) is 57.7 Å². The van der Waals surface area contributed by atoms with Gasteiger partial charge < -0.3 is 5.73 Å². The molecule has 2 rings (SSSR count). The molecule has 0 bridgehead atoms. The maximum absolute atomic E-state index is 6.25. The third-order valence-corrected chi connectivity index (χ3v) is 6.37. The van der Waals surface area contributed by atoms with Gasteiger partial charge in [-0.1, -0.05) is 27.7 Å². The van der Waals surface area contributed by atoms with Gasteiger partial charge >= 0.3 is 0 Å². The molecular weight excluding hydrogens is 240 g/mol. The Labute approximate surface area is 117 Å². The topological polar surface area (TPSA) is 29.3 Å². The van der Waals surface area contributed by atoms with Crippen LogP contribution in [0.2, 0.25) is 0 Å². The maximum atomic E-state index is 6.25. The fourth-order valence-electron chi connectivity index (χ4n) is 4.05. The van der Waals surface area contributed by atoms with E-state index >= 15 is 0 Å². The standard InChI is InChI=1S/C15H30N2S/c1-12-9-14(3,4)5-6-15(12,11-16)17-7-8-18-13(2)10-17/h12-13H,5-11,16H2,1-4H3. The Morgan fingerprint density at radius 2 is 2.00 bits per heavy atom. The molecule has 0 aromatic rings. The molecule has 3 heteroatoms. The molecule has 2 nitrogen and oxygen atoms in total. The Morgan fingerprint density at radius 1 is 1.28 bits per heavy atom. The van der Waals surface area contributed by atoms with Gasteiger partial charge in [0.15, 0.2) is 0 Å². The van der Waals surface area contributed by atoms with Gasteiger partial charge in [0.05, 0.1) is 0 Å². The molecule has 0 aromatic heterocycles. The summed E-state index contributed by atoms with van der Waals surface area (Å²) in [6.45, 7) is 12.9. The second kappa shape index (κ2) is 5.34. The van der Waals surface area contributed by atoms with E-state index in [9.17, 15) is 0 Å². The van der Waals surface area contributed by atoms with Gasteiger partial charge in [-0.05, 0) is 30.6 Å². The third kappa shape index (κ3) is 2.73. The Kier molecular flexibility index (Phi) is 4.35. The lowest BCUT2D eigenvalue weighted by atomic mass is 9.63. The summed E-state index contributed by atoms with van der Waals surface area (Å²) in [6.07, 6.45) is 3.93. The van der Waals surface area contributed by atoms with Crippen LogP contribution in [0.5, 0.6) is 0 Å². The molecule has 2 N–H and O–H groups in total. The first-order chi connectivity index (χ1) is 8.39. The lowest BCUT2D eigenvalue weighted by Gasteiger charge is -2.55. The molecule has 106 valence electrons. The van der Waals surface area contributed by atoms with Crippen LogP contribution in [0, 0.1) is 11.3 Å². The quantitative estimate of drug-likeness (QED) is 0.836. The Balaban J connectivity index is 2.15. The predicted molar refractivity (Wildman–Crippen MR) is 82.1 cm³/mol. The Morgan fingerprint density at radius 3 is 2.56 bits per heavy atom. The van der Waals surface area contributed by atoms with Crippen molar-refractivity contribution in [1.82, 2.24) is 4.90 Å². The lowest BCUT2D eigenvalue weighted by molar-refractivity contribution is -0.0198. The van der Waals surface area contributed by atoms with Crippen molar-refractivity contribution in [2.75, 3.05) is 25.4 Å². The van der Waals surface area contributed by atoms with Crippen molar-refractivity contribution in [3.8, 4) is 0 Å². The minimum Gasteiger partial charge on any atom is -0.329 e. The second-order valence-electron chi connectivity index (χ2n) is 7.20. The van der Waals surface area contributed by atoms with Crippen LogP contribution in [0.4, 0.5) is 0 Å². The highest BCUT2D eigenvalue weighted by atomic mass is 32.2. The molecule has 1 saturated carbocycles. The largest absolute Gasteiger partial charge is 0.329 e. The van der Waals surface area contributed by atoms with E-state index in [-0.39, 0.29) is 5.54 Å². The van der Waals surface area contributed by atoms with E-state index < -0.39 is 0 Å². The van der Waals surface area contributed by atoms with Crippen LogP contribution < -0.4 is 5.73 Å². The van der Waals surface area contributed by atoms with Crippen molar-refractivity contribution < 1.29 is 0 Å². The summed E-state index contributed by atoms with van der Waals surface area (Å²) in [7, 11) is 0. The van der Waals surface area contributed by atoms with Crippen molar-refractivity contribution in [2.24, 2.45) is 17.1 Å². The summed E-state index contributed by atoms with van der Waals surface area (Å²) in [5.74, 6) is 2.00. The first-order valence-electron chi connectivity index (χ1n) is 7.46. The minimum absolute atomic E-state index is 0.282. The second-order valence-corrected chi connectivity index (χ2v) is 8.75. The van der Waals surface area contributed by atoms with Gasteiger partial charge in [0, 0.05) is 36.2 Å². The highest BCUT2D eigenvalue weighted by molar-refractivity contribution is 7.99. The molecule has 2 fully saturated rings. The highest BCUT2D eigenvalue weighted by Crippen LogP contribution is 2.47. The first-order valence-corrected chi connectivity index (χ1v) is 8.51. The Bertz CT molecular complexity index is 292. The van der Waals surface area contributed by atoms with Gasteiger partial charge in [-0.15, -0.1) is 0 Å². The first kappa shape index (κ1) is 14.7. The molecule has 18 heavy (non-hydrogen) atoms. The van der Waals surface area contributed by atoms with E-state index in [4.69, 9.17) is 5.73 Å². The number of nitrogens with two attached hydrogens (primary N) is 1. The normalized spacial score (nSPS) is 41.8. The van der Waals surface area contributed by atoms with E-state index in [1.807, 2.05) is 0 Å². The average molecular weight is 270 g/mol. The predicted octanol–water partition coefficient (Wildman–Crippen LogP) is 2.97. The molecule has 1 aliphatic heterocycles. The van der Waals surface area contributed by atoms with Crippen LogP contribution in [0.15, 0.2) is 0 Å². The molecule has 2 aliphatic rings. The van der Waals surface area contributed by atoms with Gasteiger partial charge in [-0.2, -0.15) is 11.8 Å². The Hall–Kier alpha value is 0.270. The zero-order valence-electron chi connectivity index (χ0n) is 12.5. The highest BCUT2D eigenvalue weighted by Gasteiger charge is 2.47. The lowest BCUT2D eigenvalue weighted by Crippen LogP contribution is -2.63. The SMILES string of the molecule is CC1CN(C2(CN)CCC(C)(C)CC2C)CCS1. The number of rotatable bonds is 2. The van der Waals surface area contributed by atoms with Crippen molar-refractivity contribution in [3.05, 3.63) is 0 Å². The van der Waals surface area contributed by atoms with Crippen LogP contribution in [-0.2, 0) is 0 Å². The molecule has 0 radical (unpaired) electrons. The zero-order chi connectivity index (χ0) is 13.4. The van der Waals surface area contributed by atoms with E-state index in [0.29, 0.717) is 5.41 Å². The van der Waals surface area contributed by atoms with E-state index in [2.05, 4.69) is 44.4 Å². The number of thioether (sulfide) groups is 1. The summed E-state index contributed by atoms with van der Waals surface area (Å²) in [6, 6.07) is 0. The summed E-state index contributed by atoms with van der Waals surface area (Å²) in [5.41, 5.74) is 7.04. The molecule has 3 atom stereocenters. The average Bonchev–Trinajstić information content (AvgIpc) is 2.29. The molecular formula is C15H30N2S. The molecule has 1 saturated heterocycles. The van der Waals surface area contributed by atoms with Gasteiger partial charge in [0.2, 0.25) is 0 Å². The van der Waals surface area contributed by atoms with E-state index in [1.54, 1.807) is 0 Å². The smallest absolute Gasteiger partial charge is 0.0358 e. The molecule has 1 aliphatic carbocycles. The minimum atomic E-state index is 0.282. The van der Waals surface area contributed by atoms with Gasteiger partial charge in [0.25, 0.3) is 0 Å². The van der Waals surface area contributed by atoms with Gasteiger partial charge in [0.1, 0.15) is 0 Å². The molecule has 0 amide bonds. The molecule has 3 unspecified atom stereocenters. The molecule has 0 spiro atoms. The molecule has 0 aromatic carbocycles. The summed E-state index contributed by atoms with van der Waals surface area (Å²) in [5, 5.41) is 0.768. The van der Waals surface area contributed by atoms with Crippen LogP contribution >= 0.6 is 11.8 Å². The number of hydrogen-bond acceptors (Lipinski definition) is 3. The number of hydrogen-bond donors (Lipinski definition) is 1. The van der Waals surface area contributed by atoms with Crippen LogP contribution in [0.3, 0.4) is 0 Å². The van der Waals surface area contributed by atoms with Crippen molar-refractivity contribution in [1.29, 1.82) is 0 Å². The molecule has 1 heterocycles. The van der Waals surface area contributed by atoms with Crippen LogP contribution in [0.1, 0.15) is 47.0 Å². The maximum Gasteiger partial charge on any atom is 0.0358 e. The van der Waals surface area contributed by atoms with Gasteiger partial charge in [-0.25, -0.2) is 0 Å². The number of nitrogens with zero attached hydrogens (tertiary/aromatic N) is 1. The van der Waals surface area contributed by atoms with Crippen molar-refractivity contribution >= 4 is 11.8 Å². The fourth-order valence-corrected chi connectivity index (χ4v) is 5.06. The third-order valence-electron chi connectivity index (χ3n) is 5.24. The van der Waals surface area contributed by atoms with E-state index in [0.717, 1.165) is 17.7 Å². The van der Waals surface area contributed by atoms with Gasteiger partial charge in [-0.3, -0.25) is 4.90 Å². The zero-order valence-corrected chi connectivity index (χ0v) is 13.4. The summed E-state index contributed by atoms with van der Waals surface area (Å²) < 4.78 is 0. The summed E-state index contributed by atoms with van der Waals surface area (Å²) >= 11 is 2.11.